The maximum absolute atomic E-state index is 12.5. The van der Waals surface area contributed by atoms with Gasteiger partial charge in [-0.2, -0.15) is 0 Å². The van der Waals surface area contributed by atoms with Gasteiger partial charge in [-0.1, -0.05) is 46.3 Å². The standard InChI is InChI=1S/C16H15Br2NO3/c1-22-16(21)12-9-13(18)15(20)19(10-12)14(7-8-17)11-5-3-2-4-6-11/h2-6,9-10,14H,7-8H2,1H3. The van der Waals surface area contributed by atoms with Crippen molar-refractivity contribution >= 4 is 37.8 Å². The van der Waals surface area contributed by atoms with Crippen LogP contribution in [0.1, 0.15) is 28.4 Å². The summed E-state index contributed by atoms with van der Waals surface area (Å²) >= 11 is 6.66. The number of carbonyl (C=O) groups excluding carboxylic acids is 1. The first-order valence-electron chi connectivity index (χ1n) is 6.69. The fraction of sp³-hybridized carbons (Fsp3) is 0.250. The summed E-state index contributed by atoms with van der Waals surface area (Å²) < 4.78 is 6.66. The summed E-state index contributed by atoms with van der Waals surface area (Å²) in [5, 5.41) is 0.735. The van der Waals surface area contributed by atoms with Crippen molar-refractivity contribution in [2.45, 2.75) is 12.5 Å². The van der Waals surface area contributed by atoms with E-state index in [0.717, 1.165) is 17.3 Å². The highest BCUT2D eigenvalue weighted by Crippen LogP contribution is 2.23. The van der Waals surface area contributed by atoms with Crippen LogP contribution in [0.2, 0.25) is 0 Å². The molecule has 1 heterocycles. The monoisotopic (exact) mass is 427 g/mol. The van der Waals surface area contributed by atoms with Crippen molar-refractivity contribution in [1.82, 2.24) is 4.57 Å². The van der Waals surface area contributed by atoms with Gasteiger partial charge in [0.25, 0.3) is 5.56 Å². The first-order chi connectivity index (χ1) is 10.6. The number of carbonyl (C=O) groups is 1. The second kappa shape index (κ2) is 7.74. The molecule has 1 atom stereocenters. The van der Waals surface area contributed by atoms with Gasteiger partial charge in [-0.3, -0.25) is 4.79 Å². The molecule has 0 fully saturated rings. The predicted octanol–water partition coefficient (Wildman–Crippen LogP) is 3.77. The van der Waals surface area contributed by atoms with E-state index in [4.69, 9.17) is 4.74 Å². The summed E-state index contributed by atoms with van der Waals surface area (Å²) in [7, 11) is 1.32. The lowest BCUT2D eigenvalue weighted by atomic mass is 10.0. The molecule has 0 aliphatic carbocycles. The van der Waals surface area contributed by atoms with Crippen molar-refractivity contribution in [2.24, 2.45) is 0 Å². The van der Waals surface area contributed by atoms with Gasteiger partial charge in [0.15, 0.2) is 0 Å². The Kier molecular flexibility index (Phi) is 5.97. The van der Waals surface area contributed by atoms with E-state index in [0.29, 0.717) is 10.0 Å². The summed E-state index contributed by atoms with van der Waals surface area (Å²) in [5.74, 6) is -0.472. The van der Waals surface area contributed by atoms with Crippen molar-refractivity contribution in [2.75, 3.05) is 12.4 Å². The molecule has 1 aromatic heterocycles. The van der Waals surface area contributed by atoms with Gasteiger partial charge < -0.3 is 9.30 Å². The third-order valence-electron chi connectivity index (χ3n) is 3.32. The largest absolute Gasteiger partial charge is 0.465 e. The minimum Gasteiger partial charge on any atom is -0.465 e. The number of methoxy groups -OCH3 is 1. The summed E-state index contributed by atoms with van der Waals surface area (Å²) in [6, 6.07) is 11.1. The minimum atomic E-state index is -0.472. The number of nitrogens with zero attached hydrogens (tertiary/aromatic N) is 1. The van der Waals surface area contributed by atoms with Gasteiger partial charge in [-0.05, 0) is 34.0 Å². The number of hydrogen-bond acceptors (Lipinski definition) is 3. The summed E-state index contributed by atoms with van der Waals surface area (Å²) in [6.45, 7) is 0. The van der Waals surface area contributed by atoms with Gasteiger partial charge in [-0.25, -0.2) is 4.79 Å². The van der Waals surface area contributed by atoms with Crippen molar-refractivity contribution in [3.8, 4) is 0 Å². The molecule has 6 heteroatoms. The van der Waals surface area contributed by atoms with Crippen molar-refractivity contribution in [3.63, 3.8) is 0 Å². The van der Waals surface area contributed by atoms with Crippen LogP contribution >= 0.6 is 31.9 Å². The first-order valence-corrected chi connectivity index (χ1v) is 8.60. The van der Waals surface area contributed by atoms with E-state index in [1.165, 1.54) is 13.2 Å². The molecule has 1 aromatic carbocycles. The van der Waals surface area contributed by atoms with E-state index >= 15 is 0 Å². The lowest BCUT2D eigenvalue weighted by molar-refractivity contribution is 0.0599. The van der Waals surface area contributed by atoms with Crippen molar-refractivity contribution in [3.05, 3.63) is 68.5 Å². The third-order valence-corrected chi connectivity index (χ3v) is 4.35. The van der Waals surface area contributed by atoms with Crippen LogP contribution in [-0.2, 0) is 4.74 Å². The highest BCUT2D eigenvalue weighted by atomic mass is 79.9. The molecule has 0 amide bonds. The molecule has 1 unspecified atom stereocenters. The van der Waals surface area contributed by atoms with Crippen LogP contribution in [0.3, 0.4) is 0 Å². The van der Waals surface area contributed by atoms with E-state index in [2.05, 4.69) is 31.9 Å². The number of ether oxygens (including phenoxy) is 1. The van der Waals surface area contributed by atoms with Gasteiger partial charge in [0.1, 0.15) is 0 Å². The Balaban J connectivity index is 2.58. The zero-order valence-corrected chi connectivity index (χ0v) is 15.1. The lowest BCUT2D eigenvalue weighted by Gasteiger charge is -2.20. The number of aromatic nitrogens is 1. The van der Waals surface area contributed by atoms with Crippen LogP contribution in [0, 0.1) is 0 Å². The van der Waals surface area contributed by atoms with Gasteiger partial charge >= 0.3 is 5.97 Å². The van der Waals surface area contributed by atoms with E-state index in [9.17, 15) is 9.59 Å². The van der Waals surface area contributed by atoms with Crippen molar-refractivity contribution in [1.29, 1.82) is 0 Å². The van der Waals surface area contributed by atoms with E-state index < -0.39 is 5.97 Å². The number of alkyl halides is 1. The zero-order valence-electron chi connectivity index (χ0n) is 12.0. The average molecular weight is 429 g/mol. The van der Waals surface area contributed by atoms with Gasteiger partial charge in [-0.15, -0.1) is 0 Å². The van der Waals surface area contributed by atoms with Crippen LogP contribution < -0.4 is 5.56 Å². The average Bonchev–Trinajstić information content (AvgIpc) is 2.55. The normalized spacial score (nSPS) is 12.0. The quantitative estimate of drug-likeness (QED) is 0.537. The molecule has 0 N–H and O–H groups in total. The molecule has 22 heavy (non-hydrogen) atoms. The van der Waals surface area contributed by atoms with E-state index in [1.54, 1.807) is 10.8 Å². The van der Waals surface area contributed by atoms with Gasteiger partial charge in [0.05, 0.1) is 23.2 Å². The molecule has 4 nitrogen and oxygen atoms in total. The summed E-state index contributed by atoms with van der Waals surface area (Å²) in [5.41, 5.74) is 1.17. The highest BCUT2D eigenvalue weighted by Gasteiger charge is 2.18. The Morgan fingerprint density at radius 3 is 2.59 bits per heavy atom. The maximum atomic E-state index is 12.5. The smallest absolute Gasteiger partial charge is 0.339 e. The predicted molar refractivity (Wildman–Crippen MR) is 92.7 cm³/mol. The number of hydrogen-bond donors (Lipinski definition) is 0. The Bertz CT molecular complexity index is 713. The molecular formula is C16H15Br2NO3. The number of rotatable bonds is 5. The Morgan fingerprint density at radius 1 is 1.32 bits per heavy atom. The lowest BCUT2D eigenvalue weighted by Crippen LogP contribution is -2.27. The molecule has 0 radical (unpaired) electrons. The molecule has 0 saturated heterocycles. The Morgan fingerprint density at radius 2 is 2.00 bits per heavy atom. The summed E-state index contributed by atoms with van der Waals surface area (Å²) in [4.78, 5) is 24.2. The maximum Gasteiger partial charge on any atom is 0.339 e. The van der Waals surface area contributed by atoms with Gasteiger partial charge in [0.2, 0.25) is 0 Å². The molecule has 2 aromatic rings. The Labute approximate surface area is 145 Å². The van der Waals surface area contributed by atoms with Crippen LogP contribution in [0.15, 0.2) is 51.9 Å². The highest BCUT2D eigenvalue weighted by molar-refractivity contribution is 9.10. The number of benzene rings is 1. The fourth-order valence-corrected chi connectivity index (χ4v) is 3.16. The molecule has 0 bridgehead atoms. The number of pyridine rings is 1. The first kappa shape index (κ1) is 17.0. The molecule has 0 aliphatic rings. The molecule has 2 rings (SSSR count). The van der Waals surface area contributed by atoms with E-state index in [1.807, 2.05) is 30.3 Å². The van der Waals surface area contributed by atoms with Crippen molar-refractivity contribution < 1.29 is 9.53 Å². The second-order valence-electron chi connectivity index (χ2n) is 4.68. The molecule has 0 aliphatic heterocycles. The minimum absolute atomic E-state index is 0.158. The van der Waals surface area contributed by atoms with Crippen LogP contribution in [0.5, 0.6) is 0 Å². The van der Waals surface area contributed by atoms with E-state index in [-0.39, 0.29) is 11.6 Å². The van der Waals surface area contributed by atoms with Crippen LogP contribution in [-0.4, -0.2) is 23.0 Å². The SMILES string of the molecule is COC(=O)c1cc(Br)c(=O)n(C(CCBr)c2ccccc2)c1. The topological polar surface area (TPSA) is 48.3 Å². The zero-order chi connectivity index (χ0) is 16.1. The summed E-state index contributed by atoms with van der Waals surface area (Å²) in [6.07, 6.45) is 2.28. The second-order valence-corrected chi connectivity index (χ2v) is 6.33. The fourth-order valence-electron chi connectivity index (χ4n) is 2.27. The van der Waals surface area contributed by atoms with Gasteiger partial charge in [0, 0.05) is 11.5 Å². The molecular weight excluding hydrogens is 414 g/mol. The molecule has 0 spiro atoms. The molecule has 116 valence electrons. The number of halogens is 2. The molecule has 0 saturated carbocycles. The van der Waals surface area contributed by atoms with Crippen LogP contribution in [0.4, 0.5) is 0 Å². The number of esters is 1. The third kappa shape index (κ3) is 3.67. The Hall–Kier alpha value is -1.40. The van der Waals surface area contributed by atoms with Crippen LogP contribution in [0.25, 0.3) is 0 Å².